The van der Waals surface area contributed by atoms with Crippen LogP contribution in [0.15, 0.2) is 47.4 Å². The molecule has 0 atom stereocenters. The lowest BCUT2D eigenvalue weighted by molar-refractivity contribution is 0.102. The van der Waals surface area contributed by atoms with Crippen molar-refractivity contribution in [2.75, 3.05) is 5.32 Å². The van der Waals surface area contributed by atoms with Crippen LogP contribution < -0.4 is 10.7 Å². The fraction of sp³-hybridized carbons (Fsp3) is 0.0500. The molecular weight excluding hydrogens is 371 g/mol. The summed E-state index contributed by atoms with van der Waals surface area (Å²) >= 11 is 0. The van der Waals surface area contributed by atoms with Gasteiger partial charge in [-0.15, -0.1) is 0 Å². The van der Waals surface area contributed by atoms with Crippen LogP contribution in [0.25, 0.3) is 21.8 Å². The van der Waals surface area contributed by atoms with E-state index in [4.69, 9.17) is 0 Å². The molecule has 0 aliphatic carbocycles. The summed E-state index contributed by atoms with van der Waals surface area (Å²) in [6.07, 6.45) is 1.08. The highest BCUT2D eigenvalue weighted by Gasteiger charge is 2.18. The lowest BCUT2D eigenvalue weighted by Gasteiger charge is -2.10. The number of pyridine rings is 2. The summed E-state index contributed by atoms with van der Waals surface area (Å²) in [4.78, 5) is 32.0. The molecule has 2 heterocycles. The molecule has 2 aromatic carbocycles. The van der Waals surface area contributed by atoms with Gasteiger partial charge in [0.2, 0.25) is 5.43 Å². The second kappa shape index (κ2) is 6.49. The Morgan fingerprint density at radius 2 is 1.86 bits per heavy atom. The van der Waals surface area contributed by atoms with Gasteiger partial charge in [-0.1, -0.05) is 0 Å². The number of rotatable bonds is 2. The third kappa shape index (κ3) is 2.98. The van der Waals surface area contributed by atoms with Crippen LogP contribution in [0.1, 0.15) is 16.1 Å². The highest BCUT2D eigenvalue weighted by molar-refractivity contribution is 6.09. The predicted molar refractivity (Wildman–Crippen MR) is 98.9 cm³/mol. The first-order valence-electron chi connectivity index (χ1n) is 8.22. The summed E-state index contributed by atoms with van der Waals surface area (Å²) in [5.74, 6) is -3.25. The number of nitrogens with zero attached hydrogens (tertiary/aromatic N) is 1. The molecule has 28 heavy (non-hydrogen) atoms. The SMILES string of the molecule is Cc1cc(NC(=O)c2c[nH]c3cc(F)cc(F)c3c2=O)c2cc(F)ccc2n1. The lowest BCUT2D eigenvalue weighted by Crippen LogP contribution is -2.22. The number of carbonyl (C=O) groups excluding carboxylic acids is 1. The van der Waals surface area contributed by atoms with Gasteiger partial charge in [-0.3, -0.25) is 14.6 Å². The number of hydrogen-bond acceptors (Lipinski definition) is 3. The molecule has 1 amide bonds. The average molecular weight is 383 g/mol. The van der Waals surface area contributed by atoms with E-state index >= 15 is 0 Å². The van der Waals surface area contributed by atoms with E-state index in [0.29, 0.717) is 22.7 Å². The highest BCUT2D eigenvalue weighted by atomic mass is 19.1. The van der Waals surface area contributed by atoms with Gasteiger partial charge < -0.3 is 10.3 Å². The second-order valence-corrected chi connectivity index (χ2v) is 6.27. The molecule has 0 saturated carbocycles. The number of nitrogens with one attached hydrogen (secondary N) is 2. The van der Waals surface area contributed by atoms with Crippen molar-refractivity contribution in [2.24, 2.45) is 0 Å². The van der Waals surface area contributed by atoms with Gasteiger partial charge in [0.1, 0.15) is 23.0 Å². The van der Waals surface area contributed by atoms with Crippen LogP contribution in [0, 0.1) is 24.4 Å². The van der Waals surface area contributed by atoms with Gasteiger partial charge in [0.15, 0.2) is 0 Å². The summed E-state index contributed by atoms with van der Waals surface area (Å²) in [6, 6.07) is 7.00. The van der Waals surface area contributed by atoms with Gasteiger partial charge in [-0.25, -0.2) is 13.2 Å². The normalized spacial score (nSPS) is 11.1. The Bertz CT molecular complexity index is 1330. The number of halogens is 3. The molecule has 2 N–H and O–H groups in total. The van der Waals surface area contributed by atoms with Crippen LogP contribution in [0.4, 0.5) is 18.9 Å². The van der Waals surface area contributed by atoms with Crippen molar-refractivity contribution in [1.82, 2.24) is 9.97 Å². The van der Waals surface area contributed by atoms with E-state index < -0.39 is 34.2 Å². The third-order valence-corrected chi connectivity index (χ3v) is 4.29. The van der Waals surface area contributed by atoms with E-state index in [9.17, 15) is 22.8 Å². The molecule has 4 rings (SSSR count). The van der Waals surface area contributed by atoms with Crippen LogP contribution in [0.2, 0.25) is 0 Å². The molecule has 0 aliphatic rings. The van der Waals surface area contributed by atoms with Crippen LogP contribution in [0.3, 0.4) is 0 Å². The number of H-pyrrole nitrogens is 1. The Morgan fingerprint density at radius 1 is 1.07 bits per heavy atom. The maximum atomic E-state index is 14.0. The Balaban J connectivity index is 1.82. The van der Waals surface area contributed by atoms with Gasteiger partial charge in [0, 0.05) is 23.3 Å². The summed E-state index contributed by atoms with van der Waals surface area (Å²) in [6.45, 7) is 1.70. The van der Waals surface area contributed by atoms with Crippen molar-refractivity contribution in [3.63, 3.8) is 0 Å². The Kier molecular flexibility index (Phi) is 4.11. The van der Waals surface area contributed by atoms with Gasteiger partial charge >= 0.3 is 0 Å². The summed E-state index contributed by atoms with van der Waals surface area (Å²) < 4.78 is 41.0. The minimum Gasteiger partial charge on any atom is -0.360 e. The third-order valence-electron chi connectivity index (χ3n) is 4.29. The van der Waals surface area contributed by atoms with Crippen molar-refractivity contribution in [3.8, 4) is 0 Å². The predicted octanol–water partition coefficient (Wildman–Crippen LogP) is 4.05. The molecule has 0 spiro atoms. The van der Waals surface area contributed by atoms with E-state index in [-0.39, 0.29) is 16.8 Å². The second-order valence-electron chi connectivity index (χ2n) is 6.27. The molecule has 8 heteroatoms. The highest BCUT2D eigenvalue weighted by Crippen LogP contribution is 2.24. The minimum atomic E-state index is -1.07. The van der Waals surface area contributed by atoms with Gasteiger partial charge in [-0.05, 0) is 37.3 Å². The molecular formula is C20H12F3N3O2. The molecule has 0 aliphatic heterocycles. The number of hydrogen-bond donors (Lipinski definition) is 2. The van der Waals surface area contributed by atoms with E-state index in [1.165, 1.54) is 24.3 Å². The number of anilines is 1. The molecule has 4 aromatic rings. The van der Waals surface area contributed by atoms with Gasteiger partial charge in [-0.2, -0.15) is 0 Å². The molecule has 0 saturated heterocycles. The first kappa shape index (κ1) is 17.7. The molecule has 0 radical (unpaired) electrons. The summed E-state index contributed by atoms with van der Waals surface area (Å²) in [5, 5.41) is 2.47. The van der Waals surface area contributed by atoms with Crippen LogP contribution >= 0.6 is 0 Å². The minimum absolute atomic E-state index is 0.0636. The zero-order chi connectivity index (χ0) is 20.0. The largest absolute Gasteiger partial charge is 0.360 e. The standard InChI is InChI=1S/C20H12F3N3O2/c1-9-4-16(12-5-10(21)2-3-15(12)25-9)26-20(28)13-8-24-17-7-11(22)6-14(23)18(17)19(13)27/h2-8H,1H3,(H,24,27)(H,25,26,28). The maximum absolute atomic E-state index is 14.0. The number of aromatic nitrogens is 2. The number of aryl methyl sites for hydroxylation is 1. The zero-order valence-corrected chi connectivity index (χ0v) is 14.4. The van der Waals surface area contributed by atoms with Gasteiger partial charge in [0.25, 0.3) is 5.91 Å². The van der Waals surface area contributed by atoms with Crippen molar-refractivity contribution < 1.29 is 18.0 Å². The molecule has 0 bridgehead atoms. The number of aromatic amines is 1. The Morgan fingerprint density at radius 3 is 2.64 bits per heavy atom. The maximum Gasteiger partial charge on any atom is 0.261 e. The van der Waals surface area contributed by atoms with Crippen molar-refractivity contribution >= 4 is 33.4 Å². The number of amides is 1. The molecule has 5 nitrogen and oxygen atoms in total. The Hall–Kier alpha value is -3.68. The van der Waals surface area contributed by atoms with Crippen molar-refractivity contribution in [2.45, 2.75) is 6.92 Å². The van der Waals surface area contributed by atoms with Crippen LogP contribution in [-0.4, -0.2) is 15.9 Å². The molecule has 0 fully saturated rings. The van der Waals surface area contributed by atoms with Crippen molar-refractivity contribution in [1.29, 1.82) is 0 Å². The number of fused-ring (bicyclic) bond motifs is 2. The topological polar surface area (TPSA) is 74.8 Å². The number of benzene rings is 2. The monoisotopic (exact) mass is 383 g/mol. The summed E-state index contributed by atoms with van der Waals surface area (Å²) in [5.41, 5.74) is -0.0200. The van der Waals surface area contributed by atoms with E-state index in [1.807, 2.05) is 0 Å². The van der Waals surface area contributed by atoms with E-state index in [2.05, 4.69) is 15.3 Å². The molecule has 0 unspecified atom stereocenters. The smallest absolute Gasteiger partial charge is 0.261 e. The van der Waals surface area contributed by atoms with Crippen LogP contribution in [-0.2, 0) is 0 Å². The van der Waals surface area contributed by atoms with Crippen LogP contribution in [0.5, 0.6) is 0 Å². The van der Waals surface area contributed by atoms with Gasteiger partial charge in [0.05, 0.1) is 22.1 Å². The fourth-order valence-electron chi connectivity index (χ4n) is 3.06. The summed E-state index contributed by atoms with van der Waals surface area (Å²) in [7, 11) is 0. The Labute approximate surface area is 155 Å². The fourth-order valence-corrected chi connectivity index (χ4v) is 3.06. The molecule has 2 aromatic heterocycles. The quantitative estimate of drug-likeness (QED) is 0.548. The van der Waals surface area contributed by atoms with Crippen molar-refractivity contribution in [3.05, 3.63) is 81.5 Å². The average Bonchev–Trinajstić information content (AvgIpc) is 2.61. The van der Waals surface area contributed by atoms with E-state index in [1.54, 1.807) is 6.92 Å². The van der Waals surface area contributed by atoms with E-state index in [0.717, 1.165) is 12.3 Å². The lowest BCUT2D eigenvalue weighted by atomic mass is 10.1. The first-order chi connectivity index (χ1) is 13.3. The first-order valence-corrected chi connectivity index (χ1v) is 8.22. The molecule has 140 valence electrons. The number of carbonyl (C=O) groups is 1. The zero-order valence-electron chi connectivity index (χ0n) is 14.4.